The van der Waals surface area contributed by atoms with Crippen LogP contribution in [0, 0.1) is 5.92 Å². The molecule has 2 aliphatic carbocycles. The molecule has 9 heteroatoms. The number of likely N-dealkylation sites (tertiary alicyclic amines) is 1. The van der Waals surface area contributed by atoms with Gasteiger partial charge in [-0.15, -0.1) is 11.8 Å². The molecule has 1 aromatic rings. The minimum atomic E-state index is -1.44. The van der Waals surface area contributed by atoms with Crippen molar-refractivity contribution in [3.63, 3.8) is 0 Å². The van der Waals surface area contributed by atoms with Crippen LogP contribution in [0.3, 0.4) is 0 Å². The molecule has 1 aromatic carbocycles. The first-order valence-electron chi connectivity index (χ1n) is 11.5. The van der Waals surface area contributed by atoms with Crippen molar-refractivity contribution in [3.05, 3.63) is 35.4 Å². The molecule has 5 aliphatic rings. The average Bonchev–Trinajstić information content (AvgIpc) is 3.14. The van der Waals surface area contributed by atoms with Crippen LogP contribution in [0.25, 0.3) is 0 Å². The third-order valence-corrected chi connectivity index (χ3v) is 9.65. The lowest BCUT2D eigenvalue weighted by Gasteiger charge is -2.57. The number of thioether (sulfide) groups is 1. The molecule has 9 atom stereocenters. The van der Waals surface area contributed by atoms with E-state index < -0.39 is 29.7 Å². The molecule has 0 saturated carbocycles. The highest BCUT2D eigenvalue weighted by Gasteiger charge is 2.64. The Morgan fingerprint density at radius 3 is 2.88 bits per heavy atom. The predicted octanol–water partition coefficient (Wildman–Crippen LogP) is 1.16. The van der Waals surface area contributed by atoms with E-state index in [4.69, 9.17) is 14.2 Å². The first-order valence-corrected chi connectivity index (χ1v) is 12.4. The van der Waals surface area contributed by atoms with E-state index in [1.54, 1.807) is 7.11 Å². The Bertz CT molecular complexity index is 1020. The van der Waals surface area contributed by atoms with E-state index in [1.165, 1.54) is 22.9 Å². The fraction of sp³-hybridized carbons (Fsp3) is 0.625. The normalized spacial score (nSPS) is 43.0. The number of ether oxygens (including phenoxy) is 3. The molecule has 3 N–H and O–H groups in total. The number of benzene rings is 1. The van der Waals surface area contributed by atoms with Crippen LogP contribution in [0.2, 0.25) is 0 Å². The number of aliphatic carboxylic acids is 1. The zero-order valence-electron chi connectivity index (χ0n) is 18.6. The van der Waals surface area contributed by atoms with Crippen molar-refractivity contribution in [1.29, 1.82) is 0 Å². The van der Waals surface area contributed by atoms with Crippen LogP contribution < -0.4 is 9.47 Å². The van der Waals surface area contributed by atoms with Gasteiger partial charge in [0.2, 0.25) is 0 Å². The maximum Gasteiger partial charge on any atom is 0.335 e. The summed E-state index contributed by atoms with van der Waals surface area (Å²) in [5.41, 5.74) is 1.87. The quantitative estimate of drug-likeness (QED) is 0.553. The number of likely N-dealkylation sites (N-methyl/N-ethyl adjacent to an activating group) is 1. The summed E-state index contributed by atoms with van der Waals surface area (Å²) in [6.07, 6.45) is 2.43. The smallest absolute Gasteiger partial charge is 0.335 e. The maximum atomic E-state index is 11.5. The lowest BCUT2D eigenvalue weighted by molar-refractivity contribution is -0.181. The van der Waals surface area contributed by atoms with Gasteiger partial charge >= 0.3 is 5.97 Å². The molecule has 0 aromatic heterocycles. The van der Waals surface area contributed by atoms with Gasteiger partial charge in [0.1, 0.15) is 17.6 Å². The number of nitrogens with zero attached hydrogens (tertiary/aromatic N) is 1. The minimum absolute atomic E-state index is 0.0877. The highest BCUT2D eigenvalue weighted by Crippen LogP contribution is 2.63. The second kappa shape index (κ2) is 7.61. The summed E-state index contributed by atoms with van der Waals surface area (Å²) in [6, 6.07) is 4.57. The number of aliphatic hydroxyl groups excluding tert-OH is 2. The van der Waals surface area contributed by atoms with Crippen LogP contribution >= 0.6 is 11.8 Å². The van der Waals surface area contributed by atoms with Gasteiger partial charge < -0.3 is 34.4 Å². The molecule has 0 amide bonds. The zero-order chi connectivity index (χ0) is 23.1. The molecule has 8 unspecified atom stereocenters. The highest BCUT2D eigenvalue weighted by molar-refractivity contribution is 8.00. The van der Waals surface area contributed by atoms with Gasteiger partial charge in [-0.1, -0.05) is 18.2 Å². The van der Waals surface area contributed by atoms with Gasteiger partial charge in [-0.25, -0.2) is 4.79 Å². The van der Waals surface area contributed by atoms with E-state index >= 15 is 0 Å². The fourth-order valence-corrected chi connectivity index (χ4v) is 8.26. The van der Waals surface area contributed by atoms with E-state index in [1.807, 2.05) is 6.07 Å². The predicted molar refractivity (Wildman–Crippen MR) is 121 cm³/mol. The van der Waals surface area contributed by atoms with Crippen LogP contribution in [0.4, 0.5) is 0 Å². The molecule has 2 fully saturated rings. The summed E-state index contributed by atoms with van der Waals surface area (Å²) < 4.78 is 18.1. The van der Waals surface area contributed by atoms with Crippen molar-refractivity contribution in [1.82, 2.24) is 4.90 Å². The summed E-state index contributed by atoms with van der Waals surface area (Å²) in [4.78, 5) is 14.0. The lowest BCUT2D eigenvalue weighted by Crippen LogP contribution is -2.64. The molecule has 6 rings (SSSR count). The Balaban J connectivity index is 1.37. The topological polar surface area (TPSA) is 109 Å². The Kier molecular flexibility index (Phi) is 5.01. The Morgan fingerprint density at radius 1 is 1.30 bits per heavy atom. The van der Waals surface area contributed by atoms with Gasteiger partial charge in [0.15, 0.2) is 17.6 Å². The van der Waals surface area contributed by atoms with E-state index in [2.05, 4.69) is 30.2 Å². The molecule has 2 bridgehead atoms. The lowest BCUT2D eigenvalue weighted by atomic mass is 9.53. The summed E-state index contributed by atoms with van der Waals surface area (Å²) in [5.74, 6) is 0.640. The minimum Gasteiger partial charge on any atom is -0.493 e. The van der Waals surface area contributed by atoms with Crippen molar-refractivity contribution >= 4 is 17.7 Å². The number of aliphatic hydroxyl groups is 2. The number of methoxy groups -OCH3 is 1. The molecular weight excluding hydrogens is 446 g/mol. The van der Waals surface area contributed by atoms with Crippen molar-refractivity contribution in [2.75, 3.05) is 20.7 Å². The van der Waals surface area contributed by atoms with Gasteiger partial charge in [-0.3, -0.25) is 0 Å². The molecule has 3 heterocycles. The van der Waals surface area contributed by atoms with E-state index in [0.29, 0.717) is 12.0 Å². The molecule has 8 nitrogen and oxygen atoms in total. The number of hydrogen-bond donors (Lipinski definition) is 3. The van der Waals surface area contributed by atoms with Crippen LogP contribution in [-0.4, -0.2) is 88.0 Å². The third-order valence-electron chi connectivity index (χ3n) is 8.32. The third kappa shape index (κ3) is 2.96. The summed E-state index contributed by atoms with van der Waals surface area (Å²) in [5, 5.41) is 29.7. The van der Waals surface area contributed by atoms with Crippen molar-refractivity contribution in [3.8, 4) is 11.5 Å². The van der Waals surface area contributed by atoms with E-state index in [-0.39, 0.29) is 23.2 Å². The van der Waals surface area contributed by atoms with Gasteiger partial charge in [0, 0.05) is 29.4 Å². The zero-order valence-corrected chi connectivity index (χ0v) is 19.4. The molecule has 1 spiro atoms. The van der Waals surface area contributed by atoms with Gasteiger partial charge in [0.25, 0.3) is 0 Å². The molecule has 178 valence electrons. The highest BCUT2D eigenvalue weighted by atomic mass is 32.2. The van der Waals surface area contributed by atoms with Crippen LogP contribution in [0.5, 0.6) is 11.5 Å². The van der Waals surface area contributed by atoms with E-state index in [0.717, 1.165) is 30.9 Å². The second-order valence-corrected chi connectivity index (χ2v) is 11.2. The number of carboxylic acid groups (broad SMARTS) is 1. The molecular formula is C24H29NO7S. The Hall–Kier alpha value is -1.78. The number of hydrogen-bond acceptors (Lipinski definition) is 8. The monoisotopic (exact) mass is 475 g/mol. The summed E-state index contributed by atoms with van der Waals surface area (Å²) in [6.45, 7) is 0.980. The second-order valence-electron chi connectivity index (χ2n) is 9.84. The van der Waals surface area contributed by atoms with E-state index in [9.17, 15) is 20.1 Å². The Morgan fingerprint density at radius 2 is 2.12 bits per heavy atom. The number of piperidine rings is 1. The summed E-state index contributed by atoms with van der Waals surface area (Å²) in [7, 11) is 3.86. The molecule has 0 radical (unpaired) electrons. The SMILES string of the molecule is COc1ccc2c3c1OC1C(SC4CC(O)[C@H](O)C(C(=O)O)O4)C=CC4C(C2)N(C)CCC341. The van der Waals surface area contributed by atoms with Crippen LogP contribution in [0.15, 0.2) is 24.3 Å². The summed E-state index contributed by atoms with van der Waals surface area (Å²) >= 11 is 1.48. The fourth-order valence-electron chi connectivity index (χ4n) is 6.79. The first kappa shape index (κ1) is 21.7. The number of carbonyl (C=O) groups is 1. The van der Waals surface area contributed by atoms with Crippen LogP contribution in [0.1, 0.15) is 24.0 Å². The van der Waals surface area contributed by atoms with Crippen molar-refractivity contribution < 1.29 is 34.3 Å². The van der Waals surface area contributed by atoms with Gasteiger partial charge in [-0.05, 0) is 38.1 Å². The Labute approximate surface area is 196 Å². The van der Waals surface area contributed by atoms with Crippen LogP contribution in [-0.2, 0) is 21.4 Å². The number of carboxylic acids is 1. The van der Waals surface area contributed by atoms with Gasteiger partial charge in [0.05, 0.1) is 18.5 Å². The maximum absolute atomic E-state index is 11.5. The molecule has 3 aliphatic heterocycles. The largest absolute Gasteiger partial charge is 0.493 e. The standard InChI is InChI=1S/C24H29NO7S/c1-25-8-7-24-12-4-6-16(33-17-10-14(26)19(27)21(31-17)23(28)29)22(24)32-20-15(30-2)5-3-11(18(20)24)9-13(12)25/h3-6,12-14,16-17,19,21-22,26-27H,7-10H2,1-2H3,(H,28,29)/t12?,13?,14?,16?,17?,19-,21?,22?,24?/m0/s1. The first-order chi connectivity index (χ1) is 15.8. The van der Waals surface area contributed by atoms with Crippen molar-refractivity contribution in [2.24, 2.45) is 5.92 Å². The number of rotatable bonds is 4. The van der Waals surface area contributed by atoms with Gasteiger partial charge in [-0.2, -0.15) is 0 Å². The average molecular weight is 476 g/mol. The molecule has 33 heavy (non-hydrogen) atoms. The van der Waals surface area contributed by atoms with Crippen molar-refractivity contribution in [2.45, 2.75) is 65.8 Å². The molecule has 2 saturated heterocycles.